The zero-order valence-corrected chi connectivity index (χ0v) is 13.5. The van der Waals surface area contributed by atoms with Crippen molar-refractivity contribution in [3.05, 3.63) is 30.0 Å². The number of benzene rings is 1. The van der Waals surface area contributed by atoms with Crippen molar-refractivity contribution < 1.29 is 19.4 Å². The summed E-state index contributed by atoms with van der Waals surface area (Å²) in [5, 5.41) is 10.4. The van der Waals surface area contributed by atoms with Gasteiger partial charge < -0.3 is 19.7 Å². The zero-order valence-electron chi connectivity index (χ0n) is 13.5. The maximum atomic E-state index is 12.9. The van der Waals surface area contributed by atoms with Gasteiger partial charge in [-0.25, -0.2) is 4.79 Å². The maximum Gasteiger partial charge on any atom is 0.326 e. The predicted octanol–water partition coefficient (Wildman–Crippen LogP) is 2.65. The number of nitrogens with zero attached hydrogens (tertiary/aromatic N) is 1. The lowest BCUT2D eigenvalue weighted by Crippen LogP contribution is -2.41. The van der Waals surface area contributed by atoms with Gasteiger partial charge in [-0.2, -0.15) is 0 Å². The fourth-order valence-corrected chi connectivity index (χ4v) is 4.10. The van der Waals surface area contributed by atoms with E-state index in [4.69, 9.17) is 4.74 Å². The maximum absolute atomic E-state index is 12.9. The van der Waals surface area contributed by atoms with E-state index in [1.54, 1.807) is 13.2 Å². The standard InChI is InChI=1S/C18H20N2O4/c1-24-15-5-2-4-12-11(15)8-13(19-12)16(21)20-10-18(6-3-7-18)9-14(20)17(22)23/h2,4-5,8,14,19H,3,6-7,9-10H2,1H3,(H,22,23)/t14-/m0/s1. The number of ether oxygens (including phenoxy) is 1. The number of carboxylic acids is 1. The van der Waals surface area contributed by atoms with E-state index < -0.39 is 12.0 Å². The Hall–Kier alpha value is -2.50. The van der Waals surface area contributed by atoms with Crippen molar-refractivity contribution in [3.8, 4) is 5.75 Å². The Morgan fingerprint density at radius 3 is 2.79 bits per heavy atom. The lowest BCUT2D eigenvalue weighted by atomic mass is 9.67. The van der Waals surface area contributed by atoms with Crippen molar-refractivity contribution >= 4 is 22.8 Å². The summed E-state index contributed by atoms with van der Waals surface area (Å²) in [6.45, 7) is 0.537. The second-order valence-corrected chi connectivity index (χ2v) is 6.95. The van der Waals surface area contributed by atoms with Gasteiger partial charge in [0, 0.05) is 17.4 Å². The first-order valence-corrected chi connectivity index (χ1v) is 8.22. The van der Waals surface area contributed by atoms with E-state index in [0.717, 1.165) is 30.2 Å². The number of H-pyrrole nitrogens is 1. The fraction of sp³-hybridized carbons (Fsp3) is 0.444. The van der Waals surface area contributed by atoms with Gasteiger partial charge in [-0.15, -0.1) is 0 Å². The highest BCUT2D eigenvalue weighted by molar-refractivity contribution is 6.01. The molecule has 1 amide bonds. The van der Waals surface area contributed by atoms with Crippen LogP contribution in [0.4, 0.5) is 0 Å². The van der Waals surface area contributed by atoms with Crippen LogP contribution in [0.25, 0.3) is 10.9 Å². The van der Waals surface area contributed by atoms with Gasteiger partial charge in [-0.05, 0) is 42.9 Å². The normalized spacial score (nSPS) is 21.9. The molecule has 126 valence electrons. The number of nitrogens with one attached hydrogen (secondary N) is 1. The molecule has 0 unspecified atom stereocenters. The van der Waals surface area contributed by atoms with Crippen LogP contribution in [0.1, 0.15) is 36.2 Å². The average molecular weight is 328 g/mol. The molecule has 2 aromatic rings. The Kier molecular flexibility index (Phi) is 3.30. The number of likely N-dealkylation sites (tertiary alicyclic amines) is 1. The lowest BCUT2D eigenvalue weighted by molar-refractivity contribution is -0.141. The number of amides is 1. The van der Waals surface area contributed by atoms with Crippen molar-refractivity contribution in [3.63, 3.8) is 0 Å². The van der Waals surface area contributed by atoms with E-state index in [1.807, 2.05) is 18.2 Å². The number of methoxy groups -OCH3 is 1. The Bertz CT molecular complexity index is 822. The summed E-state index contributed by atoms with van der Waals surface area (Å²) >= 11 is 0. The molecule has 0 bridgehead atoms. The number of hydrogen-bond acceptors (Lipinski definition) is 3. The molecule has 2 N–H and O–H groups in total. The zero-order chi connectivity index (χ0) is 16.9. The summed E-state index contributed by atoms with van der Waals surface area (Å²) in [5.74, 6) is -0.472. The molecule has 6 heteroatoms. The van der Waals surface area contributed by atoms with Crippen molar-refractivity contribution in [2.24, 2.45) is 5.41 Å². The van der Waals surface area contributed by atoms with Crippen molar-refractivity contribution in [2.45, 2.75) is 31.7 Å². The van der Waals surface area contributed by atoms with Gasteiger partial charge in [0.25, 0.3) is 5.91 Å². The minimum Gasteiger partial charge on any atom is -0.496 e. The number of hydrogen-bond donors (Lipinski definition) is 2. The molecule has 2 heterocycles. The average Bonchev–Trinajstić information content (AvgIpc) is 3.15. The third kappa shape index (κ3) is 2.17. The van der Waals surface area contributed by atoms with Crippen molar-refractivity contribution in [1.29, 1.82) is 0 Å². The Balaban J connectivity index is 1.68. The summed E-state index contributed by atoms with van der Waals surface area (Å²) in [6.07, 6.45) is 3.72. The summed E-state index contributed by atoms with van der Waals surface area (Å²) in [5.41, 5.74) is 1.24. The second kappa shape index (κ2) is 5.26. The molecule has 2 aliphatic rings. The minimum absolute atomic E-state index is 0.0163. The number of aromatic amines is 1. The topological polar surface area (TPSA) is 82.6 Å². The molecule has 1 aromatic carbocycles. The summed E-state index contributed by atoms with van der Waals surface area (Å²) in [6, 6.07) is 6.59. The number of rotatable bonds is 3. The minimum atomic E-state index is -0.916. The highest BCUT2D eigenvalue weighted by Crippen LogP contribution is 2.50. The Labute approximate surface area is 139 Å². The first kappa shape index (κ1) is 15.1. The highest BCUT2D eigenvalue weighted by Gasteiger charge is 2.51. The van der Waals surface area contributed by atoms with E-state index in [0.29, 0.717) is 24.4 Å². The third-order valence-electron chi connectivity index (χ3n) is 5.54. The van der Waals surface area contributed by atoms with E-state index in [-0.39, 0.29) is 11.3 Å². The van der Waals surface area contributed by atoms with Gasteiger partial charge in [0.1, 0.15) is 17.5 Å². The van der Waals surface area contributed by atoms with Crippen LogP contribution < -0.4 is 4.74 Å². The molecular weight excluding hydrogens is 308 g/mol. The SMILES string of the molecule is COc1cccc2[nH]c(C(=O)N3CC4(CCC4)C[C@H]3C(=O)O)cc12. The first-order chi connectivity index (χ1) is 11.5. The van der Waals surface area contributed by atoms with Crippen LogP contribution in [-0.4, -0.2) is 46.6 Å². The van der Waals surface area contributed by atoms with Crippen molar-refractivity contribution in [2.75, 3.05) is 13.7 Å². The molecular formula is C18H20N2O4. The fourth-order valence-electron chi connectivity index (χ4n) is 4.10. The van der Waals surface area contributed by atoms with E-state index in [9.17, 15) is 14.7 Å². The highest BCUT2D eigenvalue weighted by atomic mass is 16.5. The van der Waals surface area contributed by atoms with E-state index in [1.165, 1.54) is 4.90 Å². The Morgan fingerprint density at radius 2 is 2.17 bits per heavy atom. The smallest absolute Gasteiger partial charge is 0.326 e. The van der Waals surface area contributed by atoms with Crippen LogP contribution in [-0.2, 0) is 4.79 Å². The predicted molar refractivity (Wildman–Crippen MR) is 88.2 cm³/mol. The number of carbonyl (C=O) groups is 2. The largest absolute Gasteiger partial charge is 0.496 e. The molecule has 1 aliphatic carbocycles. The third-order valence-corrected chi connectivity index (χ3v) is 5.54. The molecule has 1 saturated carbocycles. The molecule has 0 radical (unpaired) electrons. The molecule has 1 aromatic heterocycles. The van der Waals surface area contributed by atoms with Gasteiger partial charge in [0.2, 0.25) is 0 Å². The van der Waals surface area contributed by atoms with Gasteiger partial charge >= 0.3 is 5.97 Å². The molecule has 1 atom stereocenters. The summed E-state index contributed by atoms with van der Waals surface area (Å²) in [4.78, 5) is 29.2. The molecule has 1 saturated heterocycles. The van der Waals surface area contributed by atoms with E-state index in [2.05, 4.69) is 4.98 Å². The van der Waals surface area contributed by atoms with E-state index >= 15 is 0 Å². The summed E-state index contributed by atoms with van der Waals surface area (Å²) in [7, 11) is 1.59. The van der Waals surface area contributed by atoms with Gasteiger partial charge in [0.15, 0.2) is 0 Å². The molecule has 1 spiro atoms. The first-order valence-electron chi connectivity index (χ1n) is 8.22. The second-order valence-electron chi connectivity index (χ2n) is 6.95. The van der Waals surface area contributed by atoms with Crippen LogP contribution in [0.2, 0.25) is 0 Å². The van der Waals surface area contributed by atoms with Crippen LogP contribution >= 0.6 is 0 Å². The number of fused-ring (bicyclic) bond motifs is 1. The number of aromatic nitrogens is 1. The quantitative estimate of drug-likeness (QED) is 0.907. The number of aliphatic carboxylic acids is 1. The molecule has 1 aliphatic heterocycles. The number of carbonyl (C=O) groups excluding carboxylic acids is 1. The molecule has 2 fully saturated rings. The molecule has 24 heavy (non-hydrogen) atoms. The van der Waals surface area contributed by atoms with Crippen LogP contribution in [0.3, 0.4) is 0 Å². The summed E-state index contributed by atoms with van der Waals surface area (Å²) < 4.78 is 5.33. The van der Waals surface area contributed by atoms with Crippen LogP contribution in [0, 0.1) is 5.41 Å². The van der Waals surface area contributed by atoms with Crippen LogP contribution in [0.15, 0.2) is 24.3 Å². The Morgan fingerprint density at radius 1 is 1.38 bits per heavy atom. The van der Waals surface area contributed by atoms with Gasteiger partial charge in [-0.3, -0.25) is 4.79 Å². The monoisotopic (exact) mass is 328 g/mol. The van der Waals surface area contributed by atoms with Gasteiger partial charge in [-0.1, -0.05) is 12.5 Å². The molecule has 4 rings (SSSR count). The molecule has 6 nitrogen and oxygen atoms in total. The lowest BCUT2D eigenvalue weighted by Gasteiger charge is -2.37. The van der Waals surface area contributed by atoms with Gasteiger partial charge in [0.05, 0.1) is 7.11 Å². The van der Waals surface area contributed by atoms with Crippen molar-refractivity contribution in [1.82, 2.24) is 9.88 Å². The van der Waals surface area contributed by atoms with Crippen LogP contribution in [0.5, 0.6) is 5.75 Å². The number of carboxylic acid groups (broad SMARTS) is 1.